The van der Waals surface area contributed by atoms with Gasteiger partial charge in [-0.05, 0) is 61.0 Å². The van der Waals surface area contributed by atoms with Crippen molar-refractivity contribution in [3.05, 3.63) is 101 Å². The Balaban J connectivity index is 1.69. The largest absolute Gasteiger partial charge is 0.348 e. The Bertz CT molecular complexity index is 1060. The number of aryl methyl sites for hydroxylation is 1. The van der Waals surface area contributed by atoms with Gasteiger partial charge in [0, 0.05) is 29.9 Å². The van der Waals surface area contributed by atoms with Crippen LogP contribution in [0.2, 0.25) is 0 Å². The molecule has 3 aromatic carbocycles. The fourth-order valence-corrected chi connectivity index (χ4v) is 3.53. The van der Waals surface area contributed by atoms with Crippen molar-refractivity contribution in [3.63, 3.8) is 0 Å². The molecular weight excluding hydrogens is 398 g/mol. The van der Waals surface area contributed by atoms with Crippen LogP contribution in [0.4, 0.5) is 5.69 Å². The second-order valence-corrected chi connectivity index (χ2v) is 7.76. The lowest BCUT2D eigenvalue weighted by molar-refractivity contribution is 0.0949. The van der Waals surface area contributed by atoms with E-state index < -0.39 is 0 Å². The molecule has 0 saturated carbocycles. The molecule has 0 atom stereocenters. The average molecular weight is 430 g/mol. The summed E-state index contributed by atoms with van der Waals surface area (Å²) in [6, 6.07) is 22.6. The van der Waals surface area contributed by atoms with Crippen molar-refractivity contribution in [2.45, 2.75) is 33.9 Å². The number of rotatable bonds is 9. The lowest BCUT2D eigenvalue weighted by atomic mass is 10.1. The van der Waals surface area contributed by atoms with Crippen LogP contribution in [-0.4, -0.2) is 29.8 Å². The van der Waals surface area contributed by atoms with Crippen molar-refractivity contribution in [3.8, 4) is 0 Å². The molecule has 5 nitrogen and oxygen atoms in total. The number of carbonyl (C=O) groups excluding carboxylic acids is 2. The summed E-state index contributed by atoms with van der Waals surface area (Å²) in [6.45, 7) is 9.50. The molecule has 5 heteroatoms. The summed E-state index contributed by atoms with van der Waals surface area (Å²) in [6.07, 6.45) is 0. The minimum absolute atomic E-state index is 0.169. The lowest BCUT2D eigenvalue weighted by Crippen LogP contribution is -2.26. The fourth-order valence-electron chi connectivity index (χ4n) is 3.53. The van der Waals surface area contributed by atoms with Crippen molar-refractivity contribution in [1.82, 2.24) is 10.2 Å². The van der Waals surface area contributed by atoms with Gasteiger partial charge in [0.05, 0.1) is 0 Å². The summed E-state index contributed by atoms with van der Waals surface area (Å²) in [5, 5.41) is 5.94. The quantitative estimate of drug-likeness (QED) is 0.502. The topological polar surface area (TPSA) is 61.4 Å². The molecule has 0 spiro atoms. The molecule has 0 bridgehead atoms. The van der Waals surface area contributed by atoms with Crippen LogP contribution >= 0.6 is 0 Å². The zero-order chi connectivity index (χ0) is 22.9. The van der Waals surface area contributed by atoms with Crippen LogP contribution in [0.3, 0.4) is 0 Å². The Kier molecular flexibility index (Phi) is 8.17. The van der Waals surface area contributed by atoms with Gasteiger partial charge in [0.25, 0.3) is 11.8 Å². The molecule has 0 aliphatic heterocycles. The van der Waals surface area contributed by atoms with Gasteiger partial charge >= 0.3 is 0 Å². The number of hydrogen-bond acceptors (Lipinski definition) is 3. The number of carbonyl (C=O) groups is 2. The maximum atomic E-state index is 12.8. The van der Waals surface area contributed by atoms with E-state index >= 15 is 0 Å². The first-order valence-electron chi connectivity index (χ1n) is 11.1. The van der Waals surface area contributed by atoms with E-state index in [1.165, 1.54) is 5.56 Å². The highest BCUT2D eigenvalue weighted by atomic mass is 16.2. The fraction of sp³-hybridized carbons (Fsp3) is 0.259. The van der Waals surface area contributed by atoms with Crippen molar-refractivity contribution < 1.29 is 9.59 Å². The number of nitrogens with zero attached hydrogens (tertiary/aromatic N) is 1. The highest BCUT2D eigenvalue weighted by Gasteiger charge is 2.12. The van der Waals surface area contributed by atoms with Gasteiger partial charge in [0.2, 0.25) is 0 Å². The molecule has 0 fully saturated rings. The Hall–Kier alpha value is -3.44. The third-order valence-corrected chi connectivity index (χ3v) is 5.63. The molecule has 0 aromatic heterocycles. The second-order valence-electron chi connectivity index (χ2n) is 7.76. The summed E-state index contributed by atoms with van der Waals surface area (Å²) in [5.74, 6) is -0.366. The van der Waals surface area contributed by atoms with Crippen molar-refractivity contribution in [2.75, 3.05) is 18.4 Å². The molecule has 0 aliphatic rings. The normalized spacial score (nSPS) is 10.8. The number of hydrogen-bond donors (Lipinski definition) is 2. The van der Waals surface area contributed by atoms with Gasteiger partial charge < -0.3 is 10.6 Å². The predicted molar refractivity (Wildman–Crippen MR) is 130 cm³/mol. The van der Waals surface area contributed by atoms with E-state index in [1.807, 2.05) is 43.3 Å². The van der Waals surface area contributed by atoms with Crippen LogP contribution in [0, 0.1) is 6.92 Å². The molecule has 2 N–H and O–H groups in total. The van der Waals surface area contributed by atoms with Gasteiger partial charge in [0.1, 0.15) is 0 Å². The monoisotopic (exact) mass is 429 g/mol. The van der Waals surface area contributed by atoms with Crippen LogP contribution in [0.25, 0.3) is 0 Å². The third-order valence-electron chi connectivity index (χ3n) is 5.63. The first-order chi connectivity index (χ1) is 15.5. The smallest absolute Gasteiger partial charge is 0.255 e. The Morgan fingerprint density at radius 2 is 1.44 bits per heavy atom. The SMILES string of the molecule is CCN(CC)Cc1ccccc1CNC(=O)c1ccc(C)c(NC(=O)c2ccccc2)c1. The summed E-state index contributed by atoms with van der Waals surface area (Å²) in [5.41, 5.74) is 4.95. The summed E-state index contributed by atoms with van der Waals surface area (Å²) < 4.78 is 0. The number of anilines is 1. The first kappa shape index (κ1) is 23.2. The minimum atomic E-state index is -0.198. The van der Waals surface area contributed by atoms with Crippen LogP contribution in [0.5, 0.6) is 0 Å². The summed E-state index contributed by atoms with van der Waals surface area (Å²) in [4.78, 5) is 27.7. The van der Waals surface area contributed by atoms with Crippen LogP contribution in [0.1, 0.15) is 51.3 Å². The van der Waals surface area contributed by atoms with E-state index in [2.05, 4.69) is 41.5 Å². The van der Waals surface area contributed by atoms with E-state index in [9.17, 15) is 9.59 Å². The first-order valence-corrected chi connectivity index (χ1v) is 11.1. The van der Waals surface area contributed by atoms with E-state index in [0.717, 1.165) is 30.8 Å². The maximum absolute atomic E-state index is 12.8. The zero-order valence-electron chi connectivity index (χ0n) is 19.0. The third kappa shape index (κ3) is 6.05. The van der Waals surface area contributed by atoms with Gasteiger partial charge in [0.15, 0.2) is 0 Å². The summed E-state index contributed by atoms with van der Waals surface area (Å²) in [7, 11) is 0. The average Bonchev–Trinajstić information content (AvgIpc) is 2.83. The Labute approximate surface area is 190 Å². The predicted octanol–water partition coefficient (Wildman–Crippen LogP) is 5.02. The highest BCUT2D eigenvalue weighted by Crippen LogP contribution is 2.19. The molecular formula is C27H31N3O2. The number of benzene rings is 3. The van der Waals surface area contributed by atoms with E-state index in [1.54, 1.807) is 24.3 Å². The molecule has 0 radical (unpaired) electrons. The molecule has 0 saturated heterocycles. The molecule has 0 unspecified atom stereocenters. The molecule has 3 aromatic rings. The van der Waals surface area contributed by atoms with Crippen molar-refractivity contribution >= 4 is 17.5 Å². The van der Waals surface area contributed by atoms with Crippen molar-refractivity contribution in [1.29, 1.82) is 0 Å². The van der Waals surface area contributed by atoms with Crippen LogP contribution < -0.4 is 10.6 Å². The highest BCUT2D eigenvalue weighted by molar-refractivity contribution is 6.05. The van der Waals surface area contributed by atoms with E-state index in [0.29, 0.717) is 23.4 Å². The van der Waals surface area contributed by atoms with Gasteiger partial charge in [-0.25, -0.2) is 0 Å². The van der Waals surface area contributed by atoms with Crippen molar-refractivity contribution in [2.24, 2.45) is 0 Å². The molecule has 0 heterocycles. The lowest BCUT2D eigenvalue weighted by Gasteiger charge is -2.20. The molecule has 2 amide bonds. The molecule has 3 rings (SSSR count). The maximum Gasteiger partial charge on any atom is 0.255 e. The molecule has 32 heavy (non-hydrogen) atoms. The van der Waals surface area contributed by atoms with Gasteiger partial charge in [-0.3, -0.25) is 14.5 Å². The Morgan fingerprint density at radius 1 is 0.781 bits per heavy atom. The van der Waals surface area contributed by atoms with Gasteiger partial charge in [-0.2, -0.15) is 0 Å². The zero-order valence-corrected chi connectivity index (χ0v) is 19.0. The summed E-state index contributed by atoms with van der Waals surface area (Å²) >= 11 is 0. The molecule has 166 valence electrons. The second kappa shape index (κ2) is 11.3. The number of amides is 2. The number of nitrogens with one attached hydrogen (secondary N) is 2. The van der Waals surface area contributed by atoms with E-state index in [-0.39, 0.29) is 11.8 Å². The van der Waals surface area contributed by atoms with Crippen LogP contribution in [-0.2, 0) is 13.1 Å². The van der Waals surface area contributed by atoms with E-state index in [4.69, 9.17) is 0 Å². The Morgan fingerprint density at radius 3 is 2.12 bits per heavy atom. The molecule has 0 aliphatic carbocycles. The van der Waals surface area contributed by atoms with Gasteiger partial charge in [-0.15, -0.1) is 0 Å². The minimum Gasteiger partial charge on any atom is -0.348 e. The van der Waals surface area contributed by atoms with Crippen LogP contribution in [0.15, 0.2) is 72.8 Å². The van der Waals surface area contributed by atoms with Gasteiger partial charge in [-0.1, -0.05) is 62.4 Å². The standard InChI is InChI=1S/C27H31N3O2/c1-4-30(5-2)19-24-14-10-9-13-23(24)18-28-26(31)22-16-15-20(3)25(17-22)29-27(32)21-11-7-6-8-12-21/h6-17H,4-5,18-19H2,1-3H3,(H,28,31)(H,29,32).